The Kier molecular flexibility index (Phi) is 4.91. The fraction of sp³-hybridized carbons (Fsp3) is 0.625. The van der Waals surface area contributed by atoms with Crippen LogP contribution in [-0.2, 0) is 19.8 Å². The highest BCUT2D eigenvalue weighted by molar-refractivity contribution is 6.06. The van der Waals surface area contributed by atoms with Gasteiger partial charge in [0.1, 0.15) is 5.82 Å². The lowest BCUT2D eigenvalue weighted by molar-refractivity contribution is -0.141. The van der Waals surface area contributed by atoms with E-state index in [1.807, 2.05) is 12.1 Å². The van der Waals surface area contributed by atoms with E-state index in [9.17, 15) is 18.8 Å². The summed E-state index contributed by atoms with van der Waals surface area (Å²) in [5.74, 6) is -0.0886. The van der Waals surface area contributed by atoms with Gasteiger partial charge in [0.05, 0.1) is 11.8 Å². The standard InChI is InChI=1S/C24H29FN2O3/c25-18-6-2-1-5-17(18)24(10-3-4-11-24)14-26-19(28)9-12-27-22(29)20-15-7-8-16(13-15)21(20)23(27)30/h1-2,5-6,15-16,20-21H,3-4,7-14H2,(H,26,28)/t15-,16-,20+,21+/m0/s1. The molecule has 30 heavy (non-hydrogen) atoms. The first-order valence-corrected chi connectivity index (χ1v) is 11.4. The molecule has 1 N–H and O–H groups in total. The van der Waals surface area contributed by atoms with Crippen molar-refractivity contribution in [3.8, 4) is 0 Å². The van der Waals surface area contributed by atoms with Gasteiger partial charge in [-0.15, -0.1) is 0 Å². The Morgan fingerprint density at radius 2 is 1.70 bits per heavy atom. The van der Waals surface area contributed by atoms with Crippen LogP contribution in [0, 0.1) is 29.5 Å². The van der Waals surface area contributed by atoms with E-state index in [-0.39, 0.29) is 53.8 Å². The fourth-order valence-corrected chi connectivity index (χ4v) is 6.74. The summed E-state index contributed by atoms with van der Waals surface area (Å²) < 4.78 is 14.4. The van der Waals surface area contributed by atoms with Crippen molar-refractivity contribution in [2.75, 3.05) is 13.1 Å². The first kappa shape index (κ1) is 19.7. The molecule has 1 heterocycles. The summed E-state index contributed by atoms with van der Waals surface area (Å²) in [6.07, 6.45) is 6.97. The maximum atomic E-state index is 14.4. The van der Waals surface area contributed by atoms with E-state index >= 15 is 0 Å². The van der Waals surface area contributed by atoms with Crippen LogP contribution >= 0.6 is 0 Å². The summed E-state index contributed by atoms with van der Waals surface area (Å²) in [6.45, 7) is 0.548. The Morgan fingerprint density at radius 1 is 1.07 bits per heavy atom. The molecule has 0 radical (unpaired) electrons. The number of likely N-dealkylation sites (tertiary alicyclic amines) is 1. The summed E-state index contributed by atoms with van der Waals surface area (Å²) >= 11 is 0. The number of benzene rings is 1. The largest absolute Gasteiger partial charge is 0.355 e. The van der Waals surface area contributed by atoms with Crippen LogP contribution in [0.5, 0.6) is 0 Å². The minimum atomic E-state index is -0.365. The molecule has 0 spiro atoms. The Hall–Kier alpha value is -2.24. The van der Waals surface area contributed by atoms with E-state index in [1.165, 1.54) is 11.0 Å². The van der Waals surface area contributed by atoms with E-state index in [1.54, 1.807) is 6.07 Å². The molecular formula is C24H29FN2O3. The zero-order valence-corrected chi connectivity index (χ0v) is 17.2. The average Bonchev–Trinajstić information content (AvgIpc) is 3.51. The van der Waals surface area contributed by atoms with Gasteiger partial charge in [0.15, 0.2) is 0 Å². The Labute approximate surface area is 176 Å². The number of fused-ring (bicyclic) bond motifs is 5. The van der Waals surface area contributed by atoms with Crippen molar-refractivity contribution < 1.29 is 18.8 Å². The number of amides is 3. The number of carbonyl (C=O) groups excluding carboxylic acids is 3. The van der Waals surface area contributed by atoms with E-state index in [4.69, 9.17) is 0 Å². The molecule has 6 heteroatoms. The van der Waals surface area contributed by atoms with Crippen molar-refractivity contribution in [3.05, 3.63) is 35.6 Å². The molecule has 160 valence electrons. The van der Waals surface area contributed by atoms with Gasteiger partial charge in [-0.3, -0.25) is 19.3 Å². The zero-order chi connectivity index (χ0) is 20.9. The Morgan fingerprint density at radius 3 is 2.33 bits per heavy atom. The van der Waals surface area contributed by atoms with Gasteiger partial charge >= 0.3 is 0 Å². The van der Waals surface area contributed by atoms with Gasteiger partial charge in [-0.2, -0.15) is 0 Å². The normalized spacial score (nSPS) is 31.4. The number of imide groups is 1. The smallest absolute Gasteiger partial charge is 0.233 e. The third-order valence-electron chi connectivity index (χ3n) is 8.21. The van der Waals surface area contributed by atoms with Crippen LogP contribution in [0.3, 0.4) is 0 Å². The second-order valence-electron chi connectivity index (χ2n) is 9.71. The van der Waals surface area contributed by atoms with Gasteiger partial charge in [0.25, 0.3) is 0 Å². The Balaban J connectivity index is 1.19. The third-order valence-corrected chi connectivity index (χ3v) is 8.21. The first-order chi connectivity index (χ1) is 14.5. The predicted octanol–water partition coefficient (Wildman–Crippen LogP) is 3.17. The molecule has 5 nitrogen and oxygen atoms in total. The van der Waals surface area contributed by atoms with Crippen molar-refractivity contribution in [1.82, 2.24) is 10.2 Å². The van der Waals surface area contributed by atoms with E-state index in [2.05, 4.69) is 5.32 Å². The number of rotatable bonds is 6. The molecule has 4 aliphatic rings. The molecule has 1 saturated heterocycles. The number of nitrogens with zero attached hydrogens (tertiary/aromatic N) is 1. The summed E-state index contributed by atoms with van der Waals surface area (Å²) in [5.41, 5.74) is 0.312. The highest BCUT2D eigenvalue weighted by Gasteiger charge is 2.60. The van der Waals surface area contributed by atoms with Gasteiger partial charge in [0.2, 0.25) is 17.7 Å². The van der Waals surface area contributed by atoms with Gasteiger partial charge < -0.3 is 5.32 Å². The van der Waals surface area contributed by atoms with Crippen LogP contribution in [0.2, 0.25) is 0 Å². The van der Waals surface area contributed by atoms with Crippen molar-refractivity contribution >= 4 is 17.7 Å². The first-order valence-electron chi connectivity index (χ1n) is 11.4. The minimum absolute atomic E-state index is 0.0661. The minimum Gasteiger partial charge on any atom is -0.355 e. The molecule has 1 aromatic carbocycles. The lowest BCUT2D eigenvalue weighted by Crippen LogP contribution is -2.41. The zero-order valence-electron chi connectivity index (χ0n) is 17.2. The molecule has 1 aliphatic heterocycles. The number of hydrogen-bond donors (Lipinski definition) is 1. The molecule has 3 amide bonds. The number of hydrogen-bond acceptors (Lipinski definition) is 3. The monoisotopic (exact) mass is 412 g/mol. The lowest BCUT2D eigenvalue weighted by Gasteiger charge is -2.30. The number of carbonyl (C=O) groups is 3. The van der Waals surface area contributed by atoms with Gasteiger partial charge in [-0.1, -0.05) is 31.0 Å². The van der Waals surface area contributed by atoms with Gasteiger partial charge in [-0.05, 0) is 55.6 Å². The van der Waals surface area contributed by atoms with Crippen LogP contribution in [0.25, 0.3) is 0 Å². The average molecular weight is 413 g/mol. The molecule has 0 aromatic heterocycles. The van der Waals surface area contributed by atoms with Gasteiger partial charge in [-0.25, -0.2) is 4.39 Å². The van der Waals surface area contributed by atoms with Gasteiger partial charge in [0, 0.05) is 24.9 Å². The van der Waals surface area contributed by atoms with Crippen molar-refractivity contribution in [1.29, 1.82) is 0 Å². The van der Waals surface area contributed by atoms with Crippen LogP contribution in [-0.4, -0.2) is 35.7 Å². The summed E-state index contributed by atoms with van der Waals surface area (Å²) in [6, 6.07) is 6.83. The lowest BCUT2D eigenvalue weighted by atomic mass is 9.78. The van der Waals surface area contributed by atoms with Crippen LogP contribution in [0.1, 0.15) is 56.9 Å². The van der Waals surface area contributed by atoms with E-state index < -0.39 is 0 Å². The molecule has 1 aromatic rings. The summed E-state index contributed by atoms with van der Waals surface area (Å²) in [4.78, 5) is 39.4. The topological polar surface area (TPSA) is 66.5 Å². The SMILES string of the molecule is O=C(CCN1C(=O)[C@@H]2[C@H]3CC[C@@H](C3)[C@H]2C1=O)NCC1(c2ccccc2F)CCCC1. The van der Waals surface area contributed by atoms with E-state index in [0.717, 1.165) is 44.9 Å². The van der Waals surface area contributed by atoms with Crippen LogP contribution < -0.4 is 5.32 Å². The summed E-state index contributed by atoms with van der Waals surface area (Å²) in [5, 5.41) is 2.97. The molecule has 5 rings (SSSR count). The number of halogens is 1. The third kappa shape index (κ3) is 3.07. The molecular weight excluding hydrogens is 383 g/mol. The molecule has 0 unspecified atom stereocenters. The van der Waals surface area contributed by atoms with E-state index in [0.29, 0.717) is 23.9 Å². The highest BCUT2D eigenvalue weighted by Crippen LogP contribution is 2.56. The quantitative estimate of drug-likeness (QED) is 0.730. The molecule has 3 aliphatic carbocycles. The van der Waals surface area contributed by atoms with Crippen molar-refractivity contribution in [3.63, 3.8) is 0 Å². The second-order valence-corrected chi connectivity index (χ2v) is 9.71. The Bertz CT molecular complexity index is 851. The van der Waals surface area contributed by atoms with Crippen molar-refractivity contribution in [2.24, 2.45) is 23.7 Å². The predicted molar refractivity (Wildman–Crippen MR) is 109 cm³/mol. The van der Waals surface area contributed by atoms with Crippen LogP contribution in [0.15, 0.2) is 24.3 Å². The fourth-order valence-electron chi connectivity index (χ4n) is 6.74. The molecule has 4 atom stereocenters. The maximum absolute atomic E-state index is 14.4. The molecule has 4 fully saturated rings. The molecule has 2 bridgehead atoms. The summed E-state index contributed by atoms with van der Waals surface area (Å²) in [7, 11) is 0. The maximum Gasteiger partial charge on any atom is 0.233 e. The highest BCUT2D eigenvalue weighted by atomic mass is 19.1. The molecule has 3 saturated carbocycles. The number of nitrogens with one attached hydrogen (secondary N) is 1. The van der Waals surface area contributed by atoms with Crippen LogP contribution in [0.4, 0.5) is 4.39 Å². The van der Waals surface area contributed by atoms with Crippen molar-refractivity contribution in [2.45, 2.75) is 56.8 Å². The second kappa shape index (κ2) is 7.47.